The maximum absolute atomic E-state index is 12.5. The van der Waals surface area contributed by atoms with E-state index >= 15 is 0 Å². The summed E-state index contributed by atoms with van der Waals surface area (Å²) < 4.78 is 0. The molecule has 1 aliphatic rings. The Bertz CT molecular complexity index is 442. The van der Waals surface area contributed by atoms with Crippen LogP contribution in [0.3, 0.4) is 0 Å². The van der Waals surface area contributed by atoms with Gasteiger partial charge in [0.15, 0.2) is 0 Å². The van der Waals surface area contributed by atoms with Crippen molar-refractivity contribution in [2.24, 2.45) is 0 Å². The standard InChI is InChI=1S/C13H20N2O2S/c1-8-12(18-10(3)14-8)13(17)15-7-5-4-6-11(15)9(2)16/h9,11,16H,4-7H2,1-3H3. The number of hydrogen-bond acceptors (Lipinski definition) is 4. The molecular formula is C13H20N2O2S. The van der Waals surface area contributed by atoms with Gasteiger partial charge in [0.05, 0.1) is 22.8 Å². The molecule has 0 saturated carbocycles. The average molecular weight is 268 g/mol. The van der Waals surface area contributed by atoms with Crippen LogP contribution in [0.15, 0.2) is 0 Å². The first-order valence-electron chi connectivity index (χ1n) is 6.43. The number of aromatic nitrogens is 1. The molecule has 1 saturated heterocycles. The highest BCUT2D eigenvalue weighted by molar-refractivity contribution is 7.13. The van der Waals surface area contributed by atoms with Crippen molar-refractivity contribution in [1.29, 1.82) is 0 Å². The highest BCUT2D eigenvalue weighted by atomic mass is 32.1. The Labute approximate surface area is 112 Å². The summed E-state index contributed by atoms with van der Waals surface area (Å²) in [6.45, 7) is 6.29. The van der Waals surface area contributed by atoms with Crippen LogP contribution in [0.4, 0.5) is 0 Å². The van der Waals surface area contributed by atoms with Gasteiger partial charge in [-0.1, -0.05) is 0 Å². The van der Waals surface area contributed by atoms with E-state index in [1.54, 1.807) is 6.92 Å². The Morgan fingerprint density at radius 1 is 1.50 bits per heavy atom. The number of hydrogen-bond donors (Lipinski definition) is 1. The van der Waals surface area contributed by atoms with Crippen molar-refractivity contribution < 1.29 is 9.90 Å². The molecule has 1 N–H and O–H groups in total. The van der Waals surface area contributed by atoms with Crippen LogP contribution in [0.5, 0.6) is 0 Å². The Morgan fingerprint density at radius 3 is 2.78 bits per heavy atom. The Morgan fingerprint density at radius 2 is 2.22 bits per heavy atom. The van der Waals surface area contributed by atoms with Gasteiger partial charge in [-0.3, -0.25) is 4.79 Å². The predicted molar refractivity (Wildman–Crippen MR) is 71.9 cm³/mol. The van der Waals surface area contributed by atoms with Crippen molar-refractivity contribution in [1.82, 2.24) is 9.88 Å². The van der Waals surface area contributed by atoms with Gasteiger partial charge >= 0.3 is 0 Å². The fourth-order valence-corrected chi connectivity index (χ4v) is 3.45. The molecule has 5 heteroatoms. The van der Waals surface area contributed by atoms with E-state index in [0.29, 0.717) is 0 Å². The summed E-state index contributed by atoms with van der Waals surface area (Å²) >= 11 is 1.45. The van der Waals surface area contributed by atoms with Gasteiger partial charge in [0.2, 0.25) is 0 Å². The molecule has 0 bridgehead atoms. The molecule has 2 rings (SSSR count). The summed E-state index contributed by atoms with van der Waals surface area (Å²) in [6, 6.07) is -0.0481. The lowest BCUT2D eigenvalue weighted by atomic mass is 9.98. The maximum atomic E-state index is 12.5. The van der Waals surface area contributed by atoms with Crippen molar-refractivity contribution in [3.63, 3.8) is 0 Å². The molecule has 0 spiro atoms. The minimum Gasteiger partial charge on any atom is -0.391 e. The van der Waals surface area contributed by atoms with Gasteiger partial charge in [-0.05, 0) is 40.0 Å². The third kappa shape index (κ3) is 2.57. The van der Waals surface area contributed by atoms with Gasteiger partial charge in [0.25, 0.3) is 5.91 Å². The molecule has 0 aromatic carbocycles. The lowest BCUT2D eigenvalue weighted by Gasteiger charge is -2.37. The second kappa shape index (κ2) is 5.36. The van der Waals surface area contributed by atoms with Crippen LogP contribution >= 0.6 is 11.3 Å². The molecular weight excluding hydrogens is 248 g/mol. The molecule has 4 nitrogen and oxygen atoms in total. The number of aryl methyl sites for hydroxylation is 2. The van der Waals surface area contributed by atoms with Crippen LogP contribution in [0, 0.1) is 13.8 Å². The van der Waals surface area contributed by atoms with Crippen molar-refractivity contribution >= 4 is 17.2 Å². The smallest absolute Gasteiger partial charge is 0.266 e. The number of carbonyl (C=O) groups is 1. The van der Waals surface area contributed by atoms with E-state index in [2.05, 4.69) is 4.98 Å². The summed E-state index contributed by atoms with van der Waals surface area (Å²) in [5, 5.41) is 10.7. The van der Waals surface area contributed by atoms with Crippen LogP contribution in [-0.4, -0.2) is 39.6 Å². The van der Waals surface area contributed by atoms with E-state index in [1.807, 2.05) is 18.7 Å². The molecule has 1 fully saturated rings. The van der Waals surface area contributed by atoms with Gasteiger partial charge in [0, 0.05) is 6.54 Å². The summed E-state index contributed by atoms with van der Waals surface area (Å²) in [5.41, 5.74) is 0.803. The fourth-order valence-electron chi connectivity index (χ4n) is 2.57. The van der Waals surface area contributed by atoms with Crippen molar-refractivity contribution in [3.05, 3.63) is 15.6 Å². The van der Waals surface area contributed by atoms with Crippen LogP contribution < -0.4 is 0 Å². The fraction of sp³-hybridized carbons (Fsp3) is 0.692. The second-order valence-corrected chi connectivity index (χ2v) is 6.15. The van der Waals surface area contributed by atoms with Crippen molar-refractivity contribution in [2.75, 3.05) is 6.54 Å². The minimum absolute atomic E-state index is 0.0312. The number of aliphatic hydroxyl groups excluding tert-OH is 1. The van der Waals surface area contributed by atoms with E-state index in [-0.39, 0.29) is 11.9 Å². The highest BCUT2D eigenvalue weighted by Crippen LogP contribution is 2.25. The van der Waals surface area contributed by atoms with Gasteiger partial charge in [-0.25, -0.2) is 4.98 Å². The summed E-state index contributed by atoms with van der Waals surface area (Å²) in [7, 11) is 0. The summed E-state index contributed by atoms with van der Waals surface area (Å²) in [5.74, 6) is 0.0312. The zero-order valence-corrected chi connectivity index (χ0v) is 12.0. The molecule has 2 unspecified atom stereocenters. The quantitative estimate of drug-likeness (QED) is 0.894. The predicted octanol–water partition coefficient (Wildman–Crippen LogP) is 2.14. The lowest BCUT2D eigenvalue weighted by Crippen LogP contribution is -2.48. The highest BCUT2D eigenvalue weighted by Gasteiger charge is 2.32. The largest absolute Gasteiger partial charge is 0.391 e. The number of thiazole rings is 1. The van der Waals surface area contributed by atoms with Crippen molar-refractivity contribution in [3.8, 4) is 0 Å². The summed E-state index contributed by atoms with van der Waals surface area (Å²) in [6.07, 6.45) is 2.52. The number of nitrogens with zero attached hydrogens (tertiary/aromatic N) is 2. The zero-order valence-electron chi connectivity index (χ0n) is 11.1. The van der Waals surface area contributed by atoms with Gasteiger partial charge in [0.1, 0.15) is 4.88 Å². The van der Waals surface area contributed by atoms with Crippen LogP contribution in [-0.2, 0) is 0 Å². The van der Waals surface area contributed by atoms with E-state index in [9.17, 15) is 9.90 Å². The zero-order chi connectivity index (χ0) is 13.3. The number of carbonyl (C=O) groups excluding carboxylic acids is 1. The molecule has 1 aromatic rings. The third-order valence-corrected chi connectivity index (χ3v) is 4.53. The SMILES string of the molecule is Cc1nc(C)c(C(=O)N2CCCCC2C(C)O)s1. The molecule has 0 radical (unpaired) electrons. The molecule has 18 heavy (non-hydrogen) atoms. The van der Waals surface area contributed by atoms with Gasteiger partial charge in [-0.15, -0.1) is 11.3 Å². The molecule has 1 aromatic heterocycles. The molecule has 1 aliphatic heterocycles. The molecule has 1 amide bonds. The molecule has 100 valence electrons. The van der Waals surface area contributed by atoms with E-state index in [0.717, 1.165) is 41.4 Å². The average Bonchev–Trinajstić information content (AvgIpc) is 2.67. The number of aliphatic hydroxyl groups is 1. The first-order chi connectivity index (χ1) is 8.50. The molecule has 0 aliphatic carbocycles. The number of likely N-dealkylation sites (tertiary alicyclic amines) is 1. The van der Waals surface area contributed by atoms with E-state index in [1.165, 1.54) is 11.3 Å². The Balaban J connectivity index is 2.23. The van der Waals surface area contributed by atoms with E-state index in [4.69, 9.17) is 0 Å². The number of rotatable bonds is 2. The normalized spacial score (nSPS) is 22.0. The third-order valence-electron chi connectivity index (χ3n) is 3.46. The lowest BCUT2D eigenvalue weighted by molar-refractivity contribution is 0.0284. The maximum Gasteiger partial charge on any atom is 0.266 e. The second-order valence-electron chi connectivity index (χ2n) is 4.95. The molecule has 2 atom stereocenters. The van der Waals surface area contributed by atoms with Crippen LogP contribution in [0.1, 0.15) is 46.6 Å². The van der Waals surface area contributed by atoms with Gasteiger partial charge in [-0.2, -0.15) is 0 Å². The number of piperidine rings is 1. The topological polar surface area (TPSA) is 53.4 Å². The molecule has 2 heterocycles. The van der Waals surface area contributed by atoms with Gasteiger partial charge < -0.3 is 10.0 Å². The number of amides is 1. The van der Waals surface area contributed by atoms with Crippen LogP contribution in [0.25, 0.3) is 0 Å². The first kappa shape index (κ1) is 13.5. The Hall–Kier alpha value is -0.940. The first-order valence-corrected chi connectivity index (χ1v) is 7.25. The Kier molecular flexibility index (Phi) is 4.02. The minimum atomic E-state index is -0.469. The monoisotopic (exact) mass is 268 g/mol. The van der Waals surface area contributed by atoms with Crippen molar-refractivity contribution in [2.45, 2.75) is 52.2 Å². The summed E-state index contributed by atoms with van der Waals surface area (Å²) in [4.78, 5) is 19.4. The van der Waals surface area contributed by atoms with E-state index < -0.39 is 6.10 Å². The van der Waals surface area contributed by atoms with Crippen LogP contribution in [0.2, 0.25) is 0 Å².